The molecule has 3 nitrogen and oxygen atoms in total. The van der Waals surface area contributed by atoms with Crippen molar-refractivity contribution in [1.82, 2.24) is 4.98 Å². The number of nitrogens with one attached hydrogen (secondary N) is 1. The molecule has 0 bridgehead atoms. The third kappa shape index (κ3) is 5.03. The molecule has 0 aliphatic heterocycles. The summed E-state index contributed by atoms with van der Waals surface area (Å²) in [5.74, 6) is 0.937. The van der Waals surface area contributed by atoms with E-state index in [-0.39, 0.29) is 6.04 Å². The van der Waals surface area contributed by atoms with Crippen LogP contribution in [-0.2, 0) is 17.0 Å². The molecule has 1 N–H and O–H groups in total. The maximum absolute atomic E-state index is 12.3. The fourth-order valence-electron chi connectivity index (χ4n) is 1.31. The molecule has 0 fully saturated rings. The number of halogens is 3. The van der Waals surface area contributed by atoms with E-state index >= 15 is 0 Å². The minimum atomic E-state index is -4.36. The Balaban J connectivity index is 2.56. The monoisotopic (exact) mass is 280 g/mol. The molecule has 1 heterocycles. The third-order valence-corrected chi connectivity index (χ3v) is 3.13. The highest BCUT2D eigenvalue weighted by molar-refractivity contribution is 7.84. The minimum Gasteiger partial charge on any atom is -0.368 e. The fraction of sp³-hybridized carbons (Fsp3) is 0.545. The Hall–Kier alpha value is -1.11. The van der Waals surface area contributed by atoms with Crippen LogP contribution in [0, 0.1) is 0 Å². The SMILES string of the molecule is CC(CCS(C)=O)Nc1ccc(C(F)(F)F)cn1. The molecule has 0 radical (unpaired) electrons. The molecular weight excluding hydrogens is 265 g/mol. The van der Waals surface area contributed by atoms with Crippen molar-refractivity contribution in [2.75, 3.05) is 17.3 Å². The fourth-order valence-corrected chi connectivity index (χ4v) is 2.00. The number of anilines is 1. The Labute approximate surface area is 106 Å². The summed E-state index contributed by atoms with van der Waals surface area (Å²) in [5, 5.41) is 2.96. The molecule has 1 aromatic rings. The van der Waals surface area contributed by atoms with Crippen molar-refractivity contribution in [1.29, 1.82) is 0 Å². The van der Waals surface area contributed by atoms with Crippen molar-refractivity contribution < 1.29 is 17.4 Å². The maximum Gasteiger partial charge on any atom is 0.417 e. The van der Waals surface area contributed by atoms with Crippen molar-refractivity contribution in [3.05, 3.63) is 23.9 Å². The number of pyridine rings is 1. The first-order valence-corrected chi connectivity index (χ1v) is 7.11. The molecule has 2 unspecified atom stereocenters. The van der Waals surface area contributed by atoms with Crippen LogP contribution in [0.15, 0.2) is 18.3 Å². The molecule has 0 spiro atoms. The van der Waals surface area contributed by atoms with Crippen LogP contribution in [0.2, 0.25) is 0 Å². The Morgan fingerprint density at radius 2 is 2.11 bits per heavy atom. The minimum absolute atomic E-state index is 0.0122. The first-order valence-electron chi connectivity index (χ1n) is 5.39. The summed E-state index contributed by atoms with van der Waals surface area (Å²) in [5.41, 5.74) is -0.768. The van der Waals surface area contributed by atoms with Crippen LogP contribution in [0.25, 0.3) is 0 Å². The number of hydrogen-bond acceptors (Lipinski definition) is 3. The molecule has 0 saturated carbocycles. The summed E-state index contributed by atoms with van der Waals surface area (Å²) in [6, 6.07) is 2.29. The second kappa shape index (κ2) is 6.17. The van der Waals surface area contributed by atoms with Crippen molar-refractivity contribution in [3.63, 3.8) is 0 Å². The van der Waals surface area contributed by atoms with Crippen molar-refractivity contribution in [2.24, 2.45) is 0 Å². The van der Waals surface area contributed by atoms with Gasteiger partial charge in [0.15, 0.2) is 0 Å². The van der Waals surface area contributed by atoms with Crippen LogP contribution in [0.5, 0.6) is 0 Å². The molecule has 0 aromatic carbocycles. The predicted octanol–water partition coefficient (Wildman–Crippen LogP) is 2.67. The zero-order valence-electron chi connectivity index (χ0n) is 10.1. The molecule has 18 heavy (non-hydrogen) atoms. The molecule has 0 amide bonds. The highest BCUT2D eigenvalue weighted by atomic mass is 32.2. The Morgan fingerprint density at radius 3 is 2.56 bits per heavy atom. The van der Waals surface area contributed by atoms with E-state index in [1.165, 1.54) is 6.07 Å². The Kier molecular flexibility index (Phi) is 5.13. The summed E-state index contributed by atoms with van der Waals surface area (Å²) in [4.78, 5) is 3.71. The predicted molar refractivity (Wildman–Crippen MR) is 65.9 cm³/mol. The van der Waals surface area contributed by atoms with Gasteiger partial charge in [-0.25, -0.2) is 4.98 Å². The van der Waals surface area contributed by atoms with E-state index in [9.17, 15) is 17.4 Å². The largest absolute Gasteiger partial charge is 0.417 e. The van der Waals surface area contributed by atoms with Gasteiger partial charge < -0.3 is 5.32 Å². The highest BCUT2D eigenvalue weighted by Gasteiger charge is 2.30. The lowest BCUT2D eigenvalue weighted by Gasteiger charge is -2.14. The zero-order chi connectivity index (χ0) is 13.8. The van der Waals surface area contributed by atoms with Gasteiger partial charge in [-0.1, -0.05) is 0 Å². The Morgan fingerprint density at radius 1 is 1.44 bits per heavy atom. The quantitative estimate of drug-likeness (QED) is 0.901. The maximum atomic E-state index is 12.3. The molecular formula is C11H15F3N2OS. The van der Waals surface area contributed by atoms with E-state index in [1.807, 2.05) is 6.92 Å². The lowest BCUT2D eigenvalue weighted by Crippen LogP contribution is -2.18. The lowest BCUT2D eigenvalue weighted by atomic mass is 10.2. The summed E-state index contributed by atoms with van der Waals surface area (Å²) in [7, 11) is -0.869. The van der Waals surface area contributed by atoms with Gasteiger partial charge in [-0.15, -0.1) is 0 Å². The lowest BCUT2D eigenvalue weighted by molar-refractivity contribution is -0.137. The molecule has 0 aliphatic rings. The molecule has 0 aliphatic carbocycles. The van der Waals surface area contributed by atoms with Crippen molar-refractivity contribution >= 4 is 16.6 Å². The molecule has 1 aromatic heterocycles. The van der Waals surface area contributed by atoms with Crippen LogP contribution >= 0.6 is 0 Å². The van der Waals surface area contributed by atoms with Gasteiger partial charge in [-0.3, -0.25) is 4.21 Å². The second-order valence-corrected chi connectivity index (χ2v) is 5.60. The van der Waals surface area contributed by atoms with Crippen LogP contribution in [0.3, 0.4) is 0 Å². The van der Waals surface area contributed by atoms with Crippen molar-refractivity contribution in [2.45, 2.75) is 25.6 Å². The van der Waals surface area contributed by atoms with E-state index in [0.29, 0.717) is 18.0 Å². The molecule has 102 valence electrons. The van der Waals surface area contributed by atoms with Gasteiger partial charge in [-0.2, -0.15) is 13.2 Å². The van der Waals surface area contributed by atoms with Crippen LogP contribution in [-0.4, -0.2) is 27.2 Å². The number of hydrogen-bond donors (Lipinski definition) is 1. The van der Waals surface area contributed by atoms with E-state index < -0.39 is 22.5 Å². The average Bonchev–Trinajstić information content (AvgIpc) is 2.26. The summed E-state index contributed by atoms with van der Waals surface area (Å²) >= 11 is 0. The third-order valence-electron chi connectivity index (χ3n) is 2.32. The van der Waals surface area contributed by atoms with Crippen LogP contribution in [0.4, 0.5) is 19.0 Å². The van der Waals surface area contributed by atoms with E-state index in [2.05, 4.69) is 10.3 Å². The standard InChI is InChI=1S/C11H15F3N2OS/c1-8(5-6-18(2)17)16-10-4-3-9(7-15-10)11(12,13)14/h3-4,7-8H,5-6H2,1-2H3,(H,15,16). The molecule has 2 atom stereocenters. The van der Waals surface area contributed by atoms with E-state index in [4.69, 9.17) is 0 Å². The number of nitrogens with zero attached hydrogens (tertiary/aromatic N) is 1. The first kappa shape index (κ1) is 14.9. The van der Waals surface area contributed by atoms with Gasteiger partial charge in [-0.05, 0) is 25.5 Å². The van der Waals surface area contributed by atoms with E-state index in [0.717, 1.165) is 12.3 Å². The second-order valence-electron chi connectivity index (χ2n) is 4.04. The van der Waals surface area contributed by atoms with Crippen LogP contribution in [0.1, 0.15) is 18.9 Å². The van der Waals surface area contributed by atoms with Gasteiger partial charge in [0, 0.05) is 35.0 Å². The van der Waals surface area contributed by atoms with Gasteiger partial charge in [0.25, 0.3) is 0 Å². The summed E-state index contributed by atoms with van der Waals surface area (Å²) in [6.07, 6.45) is -1.28. The molecule has 0 saturated heterocycles. The van der Waals surface area contributed by atoms with Gasteiger partial charge in [0.2, 0.25) is 0 Å². The number of alkyl halides is 3. The topological polar surface area (TPSA) is 42.0 Å². The normalized spacial score (nSPS) is 15.2. The average molecular weight is 280 g/mol. The van der Waals surface area contributed by atoms with E-state index in [1.54, 1.807) is 6.26 Å². The molecule has 1 rings (SSSR count). The Bertz CT molecular complexity index is 406. The smallest absolute Gasteiger partial charge is 0.368 e. The van der Waals surface area contributed by atoms with Crippen LogP contribution < -0.4 is 5.32 Å². The van der Waals surface area contributed by atoms with Gasteiger partial charge in [0.1, 0.15) is 5.82 Å². The van der Waals surface area contributed by atoms with Gasteiger partial charge in [0.05, 0.1) is 5.56 Å². The number of rotatable bonds is 5. The number of aromatic nitrogens is 1. The molecule has 7 heteroatoms. The summed E-state index contributed by atoms with van der Waals surface area (Å²) in [6.45, 7) is 1.87. The van der Waals surface area contributed by atoms with Crippen molar-refractivity contribution in [3.8, 4) is 0 Å². The van der Waals surface area contributed by atoms with Gasteiger partial charge >= 0.3 is 6.18 Å². The first-order chi connectivity index (χ1) is 8.29. The summed E-state index contributed by atoms with van der Waals surface area (Å²) < 4.78 is 47.8. The zero-order valence-corrected chi connectivity index (χ0v) is 10.9. The highest BCUT2D eigenvalue weighted by Crippen LogP contribution is 2.28.